The number of aliphatic hydroxyl groups is 2. The highest BCUT2D eigenvalue weighted by molar-refractivity contribution is 4.65. The Balaban J connectivity index is 0. The normalized spacial score (nSPS) is 13.2. The molecule has 1 atom stereocenters. The average molecular weight is 190 g/mol. The van der Waals surface area contributed by atoms with Crippen molar-refractivity contribution in [2.24, 2.45) is 11.3 Å². The quantitative estimate of drug-likeness (QED) is 0.717. The van der Waals surface area contributed by atoms with Crippen molar-refractivity contribution in [2.45, 2.75) is 47.5 Å². The molecule has 0 spiro atoms. The third-order valence-electron chi connectivity index (χ3n) is 1.58. The van der Waals surface area contributed by atoms with Crippen LogP contribution in [0, 0.1) is 11.3 Å². The van der Waals surface area contributed by atoms with Gasteiger partial charge in [-0.3, -0.25) is 0 Å². The zero-order chi connectivity index (χ0) is 10.9. The van der Waals surface area contributed by atoms with Crippen molar-refractivity contribution >= 4 is 0 Å². The van der Waals surface area contributed by atoms with Crippen LogP contribution in [0.1, 0.15) is 47.5 Å². The number of hydrogen-bond acceptors (Lipinski definition) is 2. The summed E-state index contributed by atoms with van der Waals surface area (Å²) in [6.45, 7) is 11.2. The maximum atomic E-state index is 8.63. The second kappa shape index (κ2) is 8.52. The Morgan fingerprint density at radius 3 is 1.77 bits per heavy atom. The van der Waals surface area contributed by atoms with E-state index >= 15 is 0 Å². The average Bonchev–Trinajstić information content (AvgIpc) is 1.84. The van der Waals surface area contributed by atoms with Gasteiger partial charge in [0.25, 0.3) is 0 Å². The maximum absolute atomic E-state index is 8.63. The summed E-state index contributed by atoms with van der Waals surface area (Å²) in [6.07, 6.45) is 2.14. The van der Waals surface area contributed by atoms with Crippen molar-refractivity contribution < 1.29 is 10.2 Å². The molecule has 1 unspecified atom stereocenters. The first-order valence-electron chi connectivity index (χ1n) is 5.09. The van der Waals surface area contributed by atoms with Crippen LogP contribution in [0.25, 0.3) is 0 Å². The molecular weight excluding hydrogens is 164 g/mol. The van der Waals surface area contributed by atoms with Gasteiger partial charge in [-0.25, -0.2) is 0 Å². The molecule has 0 heterocycles. The van der Waals surface area contributed by atoms with E-state index in [1.807, 2.05) is 0 Å². The fourth-order valence-corrected chi connectivity index (χ4v) is 1.37. The van der Waals surface area contributed by atoms with Crippen molar-refractivity contribution in [3.8, 4) is 0 Å². The first-order chi connectivity index (χ1) is 5.87. The van der Waals surface area contributed by atoms with E-state index in [1.165, 1.54) is 6.42 Å². The molecule has 82 valence electrons. The SMILES string of the molecule is CC(CCO)CC(C)(C)C.CCO. The molecule has 2 nitrogen and oxygen atoms in total. The molecule has 0 aromatic heterocycles. The van der Waals surface area contributed by atoms with Crippen molar-refractivity contribution in [1.82, 2.24) is 0 Å². The summed E-state index contributed by atoms with van der Waals surface area (Å²) in [5, 5.41) is 16.2. The summed E-state index contributed by atoms with van der Waals surface area (Å²) in [4.78, 5) is 0. The number of hydrogen-bond donors (Lipinski definition) is 2. The van der Waals surface area contributed by atoms with E-state index < -0.39 is 0 Å². The van der Waals surface area contributed by atoms with Crippen molar-refractivity contribution in [3.05, 3.63) is 0 Å². The topological polar surface area (TPSA) is 40.5 Å². The third-order valence-corrected chi connectivity index (χ3v) is 1.58. The Hall–Kier alpha value is -0.0800. The smallest absolute Gasteiger partial charge is 0.0433 e. The molecule has 0 saturated carbocycles. The molecule has 0 radical (unpaired) electrons. The Kier molecular flexibility index (Phi) is 10.1. The summed E-state index contributed by atoms with van der Waals surface area (Å²) in [7, 11) is 0. The minimum atomic E-state index is 0.250. The minimum absolute atomic E-state index is 0.250. The van der Waals surface area contributed by atoms with Crippen LogP contribution >= 0.6 is 0 Å². The van der Waals surface area contributed by atoms with Gasteiger partial charge < -0.3 is 10.2 Å². The summed E-state index contributed by atoms with van der Waals surface area (Å²) in [5.74, 6) is 0.657. The molecule has 0 aliphatic rings. The van der Waals surface area contributed by atoms with Crippen LogP contribution in [-0.2, 0) is 0 Å². The van der Waals surface area contributed by atoms with Gasteiger partial charge in [0, 0.05) is 13.2 Å². The lowest BCUT2D eigenvalue weighted by Gasteiger charge is -2.22. The molecule has 0 aliphatic heterocycles. The lowest BCUT2D eigenvalue weighted by atomic mass is 9.84. The van der Waals surface area contributed by atoms with Crippen molar-refractivity contribution in [3.63, 3.8) is 0 Å². The number of rotatable bonds is 3. The van der Waals surface area contributed by atoms with Gasteiger partial charge in [-0.05, 0) is 31.1 Å². The van der Waals surface area contributed by atoms with Gasteiger partial charge in [-0.1, -0.05) is 27.7 Å². The van der Waals surface area contributed by atoms with Crippen molar-refractivity contribution in [2.75, 3.05) is 13.2 Å². The molecule has 0 rings (SSSR count). The van der Waals surface area contributed by atoms with Crippen LogP contribution in [0.4, 0.5) is 0 Å². The first kappa shape index (κ1) is 15.4. The molecule has 0 saturated heterocycles. The molecule has 0 amide bonds. The van der Waals surface area contributed by atoms with Gasteiger partial charge in [-0.2, -0.15) is 0 Å². The summed E-state index contributed by atoms with van der Waals surface area (Å²) < 4.78 is 0. The highest BCUT2D eigenvalue weighted by Crippen LogP contribution is 2.25. The van der Waals surface area contributed by atoms with E-state index in [0.29, 0.717) is 17.9 Å². The molecule has 0 bridgehead atoms. The van der Waals surface area contributed by atoms with Gasteiger partial charge in [0.2, 0.25) is 0 Å². The molecule has 13 heavy (non-hydrogen) atoms. The van der Waals surface area contributed by atoms with Gasteiger partial charge in [-0.15, -0.1) is 0 Å². The van der Waals surface area contributed by atoms with Crippen LogP contribution in [0.15, 0.2) is 0 Å². The predicted molar refractivity (Wildman–Crippen MR) is 57.7 cm³/mol. The zero-order valence-electron chi connectivity index (χ0n) is 9.80. The van der Waals surface area contributed by atoms with E-state index in [4.69, 9.17) is 10.2 Å². The standard InChI is InChI=1S/C9H20O.C2H6O/c1-8(5-6-10)7-9(2,3)4;1-2-3/h8,10H,5-7H2,1-4H3;3H,2H2,1H3. The molecule has 2 heteroatoms. The maximum Gasteiger partial charge on any atom is 0.0433 e. The van der Waals surface area contributed by atoms with E-state index in [2.05, 4.69) is 27.7 Å². The molecule has 0 fully saturated rings. The summed E-state index contributed by atoms with van der Waals surface area (Å²) in [5.41, 5.74) is 0.411. The van der Waals surface area contributed by atoms with Gasteiger partial charge in [0.15, 0.2) is 0 Å². The highest BCUT2D eigenvalue weighted by Gasteiger charge is 2.14. The number of aliphatic hydroxyl groups excluding tert-OH is 2. The summed E-state index contributed by atoms with van der Waals surface area (Å²) in [6, 6.07) is 0. The molecule has 2 N–H and O–H groups in total. The molecule has 0 aliphatic carbocycles. The third kappa shape index (κ3) is 18.7. The highest BCUT2D eigenvalue weighted by atomic mass is 16.3. The largest absolute Gasteiger partial charge is 0.397 e. The molecule has 0 aromatic carbocycles. The van der Waals surface area contributed by atoms with Gasteiger partial charge in [0.1, 0.15) is 0 Å². The monoisotopic (exact) mass is 190 g/mol. The van der Waals surface area contributed by atoms with Gasteiger partial charge >= 0.3 is 0 Å². The second-order valence-electron chi connectivity index (χ2n) is 4.70. The fraction of sp³-hybridized carbons (Fsp3) is 1.00. The summed E-state index contributed by atoms with van der Waals surface area (Å²) >= 11 is 0. The fourth-order valence-electron chi connectivity index (χ4n) is 1.37. The van der Waals surface area contributed by atoms with Gasteiger partial charge in [0.05, 0.1) is 0 Å². The Morgan fingerprint density at radius 2 is 1.54 bits per heavy atom. The Bertz CT molecular complexity index is 94.8. The van der Waals surface area contributed by atoms with Crippen molar-refractivity contribution in [1.29, 1.82) is 0 Å². The minimum Gasteiger partial charge on any atom is -0.397 e. The Labute approximate surface area is 83.0 Å². The van der Waals surface area contributed by atoms with Crippen LogP contribution in [0.3, 0.4) is 0 Å². The van der Waals surface area contributed by atoms with Crippen LogP contribution in [-0.4, -0.2) is 23.4 Å². The lowest BCUT2D eigenvalue weighted by molar-refractivity contribution is 0.227. The van der Waals surface area contributed by atoms with Crippen LogP contribution < -0.4 is 0 Å². The van der Waals surface area contributed by atoms with Crippen LogP contribution in [0.5, 0.6) is 0 Å². The lowest BCUT2D eigenvalue weighted by Crippen LogP contribution is -2.11. The zero-order valence-corrected chi connectivity index (χ0v) is 9.80. The van der Waals surface area contributed by atoms with Crippen LogP contribution in [0.2, 0.25) is 0 Å². The van der Waals surface area contributed by atoms with E-state index in [1.54, 1.807) is 6.92 Å². The second-order valence-corrected chi connectivity index (χ2v) is 4.70. The predicted octanol–water partition coefficient (Wildman–Crippen LogP) is 2.44. The Morgan fingerprint density at radius 1 is 1.15 bits per heavy atom. The van der Waals surface area contributed by atoms with E-state index in [9.17, 15) is 0 Å². The van der Waals surface area contributed by atoms with E-state index in [0.717, 1.165) is 6.42 Å². The first-order valence-corrected chi connectivity index (χ1v) is 5.09. The molecule has 0 aromatic rings. The molecular formula is C11H26O2. The van der Waals surface area contributed by atoms with E-state index in [-0.39, 0.29) is 6.61 Å².